The van der Waals surface area contributed by atoms with Gasteiger partial charge >= 0.3 is 0 Å². The maximum Gasteiger partial charge on any atom is 0.260 e. The molecule has 0 spiro atoms. The van der Waals surface area contributed by atoms with E-state index in [4.69, 9.17) is 18.9 Å². The second-order valence-electron chi connectivity index (χ2n) is 8.82. The van der Waals surface area contributed by atoms with Gasteiger partial charge in [0.05, 0.1) is 51.9 Å². The van der Waals surface area contributed by atoms with Crippen LogP contribution in [0.3, 0.4) is 0 Å². The first-order chi connectivity index (χ1) is 17.8. The molecule has 202 valence electrons. The van der Waals surface area contributed by atoms with E-state index < -0.39 is 30.7 Å². The molecule has 2 aliphatic rings. The van der Waals surface area contributed by atoms with E-state index in [1.807, 2.05) is 0 Å². The summed E-state index contributed by atoms with van der Waals surface area (Å²) in [5.41, 5.74) is 1.92. The normalized spacial score (nSPS) is 25.8. The Morgan fingerprint density at radius 2 is 1.73 bits per heavy atom. The van der Waals surface area contributed by atoms with Gasteiger partial charge in [-0.25, -0.2) is 4.68 Å². The number of carbonyl (C=O) groups excluding carboxylic acids is 2. The molecule has 3 N–H and O–H groups in total. The number of amides is 2. The van der Waals surface area contributed by atoms with E-state index in [0.29, 0.717) is 50.6 Å². The largest absolute Gasteiger partial charge is 0.388 e. The lowest BCUT2D eigenvalue weighted by Gasteiger charge is -2.38. The van der Waals surface area contributed by atoms with Crippen molar-refractivity contribution in [2.45, 2.75) is 50.6 Å². The van der Waals surface area contributed by atoms with E-state index in [2.05, 4.69) is 10.3 Å². The van der Waals surface area contributed by atoms with Crippen molar-refractivity contribution in [2.24, 2.45) is 0 Å². The molecule has 0 bridgehead atoms. The van der Waals surface area contributed by atoms with Crippen LogP contribution < -0.4 is 0 Å². The van der Waals surface area contributed by atoms with Crippen molar-refractivity contribution in [3.8, 4) is 11.3 Å². The fourth-order valence-electron chi connectivity index (χ4n) is 3.86. The van der Waals surface area contributed by atoms with Gasteiger partial charge in [-0.2, -0.15) is 0 Å². The van der Waals surface area contributed by atoms with Crippen molar-refractivity contribution >= 4 is 11.8 Å². The Hall–Kier alpha value is -2.78. The minimum atomic E-state index is -1.34. The molecule has 5 atom stereocenters. The zero-order valence-corrected chi connectivity index (χ0v) is 20.5. The van der Waals surface area contributed by atoms with Crippen LogP contribution >= 0.6 is 0 Å². The highest BCUT2D eigenvalue weighted by atomic mass is 16.7. The number of hydrogen-bond acceptors (Lipinski definition) is 11. The van der Waals surface area contributed by atoms with Crippen LogP contribution in [0.25, 0.3) is 11.3 Å². The highest BCUT2D eigenvalue weighted by molar-refractivity contribution is 6.07. The highest BCUT2D eigenvalue weighted by Crippen LogP contribution is 2.22. The first-order valence-corrected chi connectivity index (χ1v) is 12.2. The van der Waals surface area contributed by atoms with E-state index in [9.17, 15) is 24.9 Å². The fraction of sp³-hybridized carbons (Fsp3) is 0.583. The van der Waals surface area contributed by atoms with Crippen LogP contribution in [-0.4, -0.2) is 117 Å². The topological polar surface area (TPSA) is 166 Å². The quantitative estimate of drug-likeness (QED) is 0.182. The van der Waals surface area contributed by atoms with Crippen LogP contribution in [0.5, 0.6) is 0 Å². The number of hydrogen-bond donors (Lipinski definition) is 3. The van der Waals surface area contributed by atoms with Crippen molar-refractivity contribution < 1.29 is 43.9 Å². The van der Waals surface area contributed by atoms with Gasteiger partial charge in [0.2, 0.25) is 5.91 Å². The summed E-state index contributed by atoms with van der Waals surface area (Å²) in [6.45, 7) is 4.04. The van der Waals surface area contributed by atoms with Crippen LogP contribution in [0, 0.1) is 0 Å². The molecule has 2 saturated heterocycles. The summed E-state index contributed by atoms with van der Waals surface area (Å²) in [5.74, 6) is -0.434. The Morgan fingerprint density at radius 1 is 1.03 bits per heavy atom. The van der Waals surface area contributed by atoms with E-state index in [1.54, 1.807) is 42.1 Å². The molecular formula is C24H32N4O9. The standard InChI is InChI=1S/C24H32N4O9/c1-15-20(30)21(31)22(32)24(37-15)36-13-12-35-11-10-34-9-8-27-14-18(25-26-27)16-2-4-17(5-3-16)23(33)28-7-6-19(28)29/h2-5,14-15,20-22,24,30-32H,6-13H2,1H3/t15-,20+,21+,22-,24?/m0/s1. The second-order valence-corrected chi connectivity index (χ2v) is 8.82. The maximum atomic E-state index is 12.3. The summed E-state index contributed by atoms with van der Waals surface area (Å²) in [6.07, 6.45) is -3.32. The predicted molar refractivity (Wildman–Crippen MR) is 126 cm³/mol. The Labute approximate surface area is 213 Å². The summed E-state index contributed by atoms with van der Waals surface area (Å²) in [5, 5.41) is 37.6. The third-order valence-corrected chi connectivity index (χ3v) is 6.22. The van der Waals surface area contributed by atoms with Crippen molar-refractivity contribution in [3.05, 3.63) is 36.0 Å². The third-order valence-electron chi connectivity index (χ3n) is 6.22. The number of rotatable bonds is 12. The molecule has 1 aromatic heterocycles. The van der Waals surface area contributed by atoms with Gasteiger partial charge in [0, 0.05) is 24.1 Å². The molecule has 1 unspecified atom stereocenters. The smallest absolute Gasteiger partial charge is 0.260 e. The summed E-state index contributed by atoms with van der Waals surface area (Å²) in [4.78, 5) is 24.9. The van der Waals surface area contributed by atoms with Crippen LogP contribution in [-0.2, 0) is 30.3 Å². The van der Waals surface area contributed by atoms with Crippen molar-refractivity contribution in [1.82, 2.24) is 19.9 Å². The van der Waals surface area contributed by atoms with Gasteiger partial charge in [0.15, 0.2) is 6.29 Å². The van der Waals surface area contributed by atoms with E-state index in [0.717, 1.165) is 5.56 Å². The zero-order valence-electron chi connectivity index (χ0n) is 20.5. The van der Waals surface area contributed by atoms with Crippen molar-refractivity contribution in [3.63, 3.8) is 0 Å². The molecule has 2 aromatic rings. The number of aliphatic hydroxyl groups is 3. The summed E-state index contributed by atoms with van der Waals surface area (Å²) in [7, 11) is 0. The SMILES string of the molecule is C[C@@H]1OC(OCCOCCOCCn2cc(-c3ccc(C(=O)N4CCC4=O)cc3)nn2)[C@@H](O)[C@H](O)[C@@H]1O. The minimum Gasteiger partial charge on any atom is -0.388 e. The van der Waals surface area contributed by atoms with Crippen molar-refractivity contribution in [1.29, 1.82) is 0 Å². The van der Waals surface area contributed by atoms with Crippen LogP contribution in [0.2, 0.25) is 0 Å². The predicted octanol–water partition coefficient (Wildman–Crippen LogP) is -0.805. The lowest BCUT2D eigenvalue weighted by molar-refractivity contribution is -0.294. The molecule has 0 aliphatic carbocycles. The number of likely N-dealkylation sites (tertiary alicyclic amines) is 1. The molecule has 13 heteroatoms. The zero-order chi connectivity index (χ0) is 26.4. The molecular weight excluding hydrogens is 488 g/mol. The minimum absolute atomic E-state index is 0.143. The van der Waals surface area contributed by atoms with Gasteiger partial charge in [-0.05, 0) is 19.1 Å². The average Bonchev–Trinajstić information content (AvgIpc) is 3.37. The molecule has 2 fully saturated rings. The van der Waals surface area contributed by atoms with E-state index in [-0.39, 0.29) is 25.0 Å². The van der Waals surface area contributed by atoms with Crippen LogP contribution in [0.15, 0.2) is 30.5 Å². The summed E-state index contributed by atoms with van der Waals surface area (Å²) >= 11 is 0. The molecule has 4 rings (SSSR count). The number of imide groups is 1. The van der Waals surface area contributed by atoms with Gasteiger partial charge < -0.3 is 34.3 Å². The van der Waals surface area contributed by atoms with Gasteiger partial charge in [-0.3, -0.25) is 14.5 Å². The molecule has 0 radical (unpaired) electrons. The lowest BCUT2D eigenvalue weighted by atomic mass is 10.0. The number of aromatic nitrogens is 3. The van der Waals surface area contributed by atoms with Gasteiger partial charge in [0.1, 0.15) is 24.0 Å². The van der Waals surface area contributed by atoms with Crippen LogP contribution in [0.4, 0.5) is 0 Å². The maximum absolute atomic E-state index is 12.3. The Kier molecular flexibility index (Phi) is 9.32. The number of ether oxygens (including phenoxy) is 4. The molecule has 0 saturated carbocycles. The molecule has 2 amide bonds. The molecule has 3 heterocycles. The summed E-state index contributed by atoms with van der Waals surface area (Å²) < 4.78 is 23.4. The van der Waals surface area contributed by atoms with E-state index in [1.165, 1.54) is 4.90 Å². The summed E-state index contributed by atoms with van der Waals surface area (Å²) in [6, 6.07) is 6.90. The lowest BCUT2D eigenvalue weighted by Crippen LogP contribution is -2.57. The van der Waals surface area contributed by atoms with Crippen molar-refractivity contribution in [2.75, 3.05) is 39.6 Å². The Morgan fingerprint density at radius 3 is 2.41 bits per heavy atom. The second kappa shape index (κ2) is 12.6. The highest BCUT2D eigenvalue weighted by Gasteiger charge is 2.42. The first-order valence-electron chi connectivity index (χ1n) is 12.2. The number of nitrogens with zero attached hydrogens (tertiary/aromatic N) is 4. The van der Waals surface area contributed by atoms with Gasteiger partial charge in [0.25, 0.3) is 5.91 Å². The van der Waals surface area contributed by atoms with Gasteiger partial charge in [-0.15, -0.1) is 5.10 Å². The number of carbonyl (C=O) groups is 2. The Balaban J connectivity index is 1.08. The molecule has 37 heavy (non-hydrogen) atoms. The monoisotopic (exact) mass is 520 g/mol. The molecule has 1 aromatic carbocycles. The molecule has 13 nitrogen and oxygen atoms in total. The Bertz CT molecular complexity index is 1050. The fourth-order valence-corrected chi connectivity index (χ4v) is 3.86. The number of benzene rings is 1. The van der Waals surface area contributed by atoms with Crippen LogP contribution in [0.1, 0.15) is 23.7 Å². The third kappa shape index (κ3) is 6.76. The first kappa shape index (κ1) is 27.3. The number of β-lactam (4-membered cyclic amide) rings is 1. The van der Waals surface area contributed by atoms with E-state index >= 15 is 0 Å². The average molecular weight is 521 g/mol. The number of aliphatic hydroxyl groups excluding tert-OH is 3. The molecule has 2 aliphatic heterocycles. The van der Waals surface area contributed by atoms with Gasteiger partial charge in [-0.1, -0.05) is 17.3 Å².